The van der Waals surface area contributed by atoms with E-state index < -0.39 is 0 Å². The first kappa shape index (κ1) is 13.2. The van der Waals surface area contributed by atoms with Crippen molar-refractivity contribution in [2.45, 2.75) is 24.9 Å². The molecule has 21 heavy (non-hydrogen) atoms. The molecule has 4 heteroatoms. The van der Waals surface area contributed by atoms with Gasteiger partial charge in [0.2, 0.25) is 0 Å². The van der Waals surface area contributed by atoms with E-state index >= 15 is 0 Å². The Morgan fingerprint density at radius 3 is 2.90 bits per heavy atom. The van der Waals surface area contributed by atoms with Crippen molar-refractivity contribution in [2.24, 2.45) is 5.73 Å². The van der Waals surface area contributed by atoms with Crippen LogP contribution < -0.4 is 15.4 Å². The van der Waals surface area contributed by atoms with E-state index in [9.17, 15) is 0 Å². The van der Waals surface area contributed by atoms with Gasteiger partial charge in [0, 0.05) is 22.6 Å². The fourth-order valence-corrected chi connectivity index (χ4v) is 3.78. The number of piperidine rings is 1. The normalized spacial score (nSPS) is 23.4. The second-order valence-electron chi connectivity index (χ2n) is 5.70. The molecule has 2 aromatic carbocycles. The summed E-state index contributed by atoms with van der Waals surface area (Å²) in [5.74, 6) is 1.83. The van der Waals surface area contributed by atoms with Crippen LogP contribution in [0, 0.1) is 0 Å². The highest BCUT2D eigenvalue weighted by molar-refractivity contribution is 9.10. The average Bonchev–Trinajstić information content (AvgIpc) is 2.63. The number of anilines is 1. The number of hydrogen-bond donors (Lipinski definition) is 1. The van der Waals surface area contributed by atoms with Gasteiger partial charge in [-0.05, 0) is 37.1 Å². The van der Waals surface area contributed by atoms with Gasteiger partial charge in [-0.15, -0.1) is 0 Å². The Labute approximate surface area is 132 Å². The van der Waals surface area contributed by atoms with Crippen molar-refractivity contribution in [3.05, 3.63) is 52.5 Å². The third-order valence-corrected chi connectivity index (χ3v) is 4.86. The van der Waals surface area contributed by atoms with Crippen molar-refractivity contribution in [1.82, 2.24) is 0 Å². The first-order valence-electron chi connectivity index (χ1n) is 7.32. The number of para-hydroxylation sites is 1. The molecule has 0 amide bonds. The first-order valence-corrected chi connectivity index (χ1v) is 8.12. The van der Waals surface area contributed by atoms with E-state index in [2.05, 4.69) is 39.0 Å². The van der Waals surface area contributed by atoms with Gasteiger partial charge in [0.25, 0.3) is 0 Å². The second kappa shape index (κ2) is 5.04. The number of hydrogen-bond acceptors (Lipinski definition) is 3. The summed E-state index contributed by atoms with van der Waals surface area (Å²) in [6.45, 7) is 1.01. The lowest BCUT2D eigenvalue weighted by atomic mass is 9.90. The van der Waals surface area contributed by atoms with Crippen molar-refractivity contribution in [1.29, 1.82) is 0 Å². The minimum Gasteiger partial charge on any atom is -0.455 e. The Hall–Kier alpha value is -1.52. The lowest BCUT2D eigenvalue weighted by Gasteiger charge is -2.40. The van der Waals surface area contributed by atoms with E-state index in [0.717, 1.165) is 41.0 Å². The third-order valence-electron chi connectivity index (χ3n) is 4.37. The molecule has 0 aromatic heterocycles. The van der Waals surface area contributed by atoms with E-state index in [4.69, 9.17) is 10.5 Å². The predicted molar refractivity (Wildman–Crippen MR) is 88.0 cm³/mol. The number of halogens is 1. The molecule has 2 aromatic rings. The molecule has 108 valence electrons. The van der Waals surface area contributed by atoms with Crippen LogP contribution in [-0.2, 0) is 0 Å². The van der Waals surface area contributed by atoms with Gasteiger partial charge in [0.05, 0.1) is 11.7 Å². The van der Waals surface area contributed by atoms with Crippen LogP contribution in [0.3, 0.4) is 0 Å². The number of benzene rings is 2. The highest BCUT2D eigenvalue weighted by atomic mass is 79.9. The molecule has 2 heterocycles. The zero-order chi connectivity index (χ0) is 14.4. The summed E-state index contributed by atoms with van der Waals surface area (Å²) in [6.07, 6.45) is 2.17. The molecule has 2 N–H and O–H groups in total. The standard InChI is InChI=1S/C17H17BrN2O/c18-11-7-8-16-14(10-11)20-9-3-5-13(19)17(20)12-4-1-2-6-15(12)21-16/h1-2,4,6-8,10,13,17H,3,5,9,19H2. The van der Waals surface area contributed by atoms with E-state index in [1.54, 1.807) is 0 Å². The van der Waals surface area contributed by atoms with Crippen LogP contribution in [0.2, 0.25) is 0 Å². The molecule has 0 aliphatic carbocycles. The van der Waals surface area contributed by atoms with E-state index in [1.807, 2.05) is 24.3 Å². The van der Waals surface area contributed by atoms with Crippen molar-refractivity contribution >= 4 is 21.6 Å². The van der Waals surface area contributed by atoms with Gasteiger partial charge in [-0.25, -0.2) is 0 Å². The second-order valence-corrected chi connectivity index (χ2v) is 6.61. The van der Waals surface area contributed by atoms with E-state index in [-0.39, 0.29) is 12.1 Å². The van der Waals surface area contributed by atoms with Crippen molar-refractivity contribution in [2.75, 3.05) is 11.4 Å². The van der Waals surface area contributed by atoms with Crippen LogP contribution in [-0.4, -0.2) is 12.6 Å². The molecule has 2 aliphatic heterocycles. The van der Waals surface area contributed by atoms with Crippen LogP contribution in [0.15, 0.2) is 46.9 Å². The van der Waals surface area contributed by atoms with Gasteiger partial charge in [-0.1, -0.05) is 34.1 Å². The topological polar surface area (TPSA) is 38.5 Å². The molecule has 3 nitrogen and oxygen atoms in total. The zero-order valence-corrected chi connectivity index (χ0v) is 13.2. The number of rotatable bonds is 0. The maximum atomic E-state index is 6.46. The Balaban J connectivity index is 1.94. The number of ether oxygens (including phenoxy) is 1. The molecule has 1 fully saturated rings. The van der Waals surface area contributed by atoms with E-state index in [1.165, 1.54) is 5.56 Å². The Kier molecular flexibility index (Phi) is 3.16. The molecule has 4 rings (SSSR count). The molecule has 0 radical (unpaired) electrons. The molecule has 0 spiro atoms. The fourth-order valence-electron chi connectivity index (χ4n) is 3.43. The molecular weight excluding hydrogens is 328 g/mol. The lowest BCUT2D eigenvalue weighted by Crippen LogP contribution is -2.45. The molecule has 2 aliphatic rings. The summed E-state index contributed by atoms with van der Waals surface area (Å²) < 4.78 is 7.24. The summed E-state index contributed by atoms with van der Waals surface area (Å²) in [4.78, 5) is 2.40. The Bertz CT molecular complexity index is 688. The molecule has 2 atom stereocenters. The van der Waals surface area contributed by atoms with Crippen LogP contribution >= 0.6 is 15.9 Å². The van der Waals surface area contributed by atoms with Gasteiger partial charge in [0.15, 0.2) is 5.75 Å². The van der Waals surface area contributed by atoms with Gasteiger partial charge < -0.3 is 15.4 Å². The molecule has 0 bridgehead atoms. The summed E-state index contributed by atoms with van der Waals surface area (Å²) >= 11 is 3.57. The summed E-state index contributed by atoms with van der Waals surface area (Å²) in [7, 11) is 0. The maximum absolute atomic E-state index is 6.46. The van der Waals surface area contributed by atoms with Crippen LogP contribution in [0.5, 0.6) is 11.5 Å². The lowest BCUT2D eigenvalue weighted by molar-refractivity contribution is 0.408. The van der Waals surface area contributed by atoms with E-state index in [0.29, 0.717) is 0 Å². The number of nitrogens with zero attached hydrogens (tertiary/aromatic N) is 1. The fraction of sp³-hybridized carbons (Fsp3) is 0.294. The largest absolute Gasteiger partial charge is 0.455 e. The maximum Gasteiger partial charge on any atom is 0.150 e. The zero-order valence-electron chi connectivity index (χ0n) is 11.6. The van der Waals surface area contributed by atoms with Gasteiger partial charge in [-0.2, -0.15) is 0 Å². The van der Waals surface area contributed by atoms with Crippen molar-refractivity contribution in [3.8, 4) is 11.5 Å². The molecular formula is C17H17BrN2O. The minimum absolute atomic E-state index is 0.133. The van der Waals surface area contributed by atoms with Gasteiger partial charge in [0.1, 0.15) is 5.75 Å². The van der Waals surface area contributed by atoms with Crippen molar-refractivity contribution < 1.29 is 4.74 Å². The van der Waals surface area contributed by atoms with Gasteiger partial charge >= 0.3 is 0 Å². The first-order chi connectivity index (χ1) is 10.2. The Morgan fingerprint density at radius 2 is 2.00 bits per heavy atom. The van der Waals surface area contributed by atoms with Crippen LogP contribution in [0.1, 0.15) is 24.4 Å². The van der Waals surface area contributed by atoms with Crippen LogP contribution in [0.25, 0.3) is 0 Å². The smallest absolute Gasteiger partial charge is 0.150 e. The minimum atomic E-state index is 0.133. The summed E-state index contributed by atoms with van der Waals surface area (Å²) in [5.41, 5.74) is 8.78. The SMILES string of the molecule is NC1CCCN2c3cc(Br)ccc3Oc3ccccc3C12. The Morgan fingerprint density at radius 1 is 1.14 bits per heavy atom. The predicted octanol–water partition coefficient (Wildman–Crippen LogP) is 4.22. The summed E-state index contributed by atoms with van der Waals surface area (Å²) in [6, 6.07) is 14.7. The number of fused-ring (bicyclic) bond motifs is 5. The monoisotopic (exact) mass is 344 g/mol. The van der Waals surface area contributed by atoms with Crippen molar-refractivity contribution in [3.63, 3.8) is 0 Å². The molecule has 0 saturated carbocycles. The molecule has 2 unspecified atom stereocenters. The molecule has 1 saturated heterocycles. The highest BCUT2D eigenvalue weighted by Gasteiger charge is 2.36. The average molecular weight is 345 g/mol. The third kappa shape index (κ3) is 2.14. The summed E-state index contributed by atoms with van der Waals surface area (Å²) in [5, 5.41) is 0. The van der Waals surface area contributed by atoms with Gasteiger partial charge in [-0.3, -0.25) is 0 Å². The highest BCUT2D eigenvalue weighted by Crippen LogP contribution is 2.47. The quantitative estimate of drug-likeness (QED) is 0.777. The van der Waals surface area contributed by atoms with Crippen LogP contribution in [0.4, 0.5) is 5.69 Å². The number of nitrogens with two attached hydrogens (primary N) is 1.